The number of ketones is 1. The van der Waals surface area contributed by atoms with E-state index in [9.17, 15) is 4.79 Å². The summed E-state index contributed by atoms with van der Waals surface area (Å²) in [7, 11) is 0. The van der Waals surface area contributed by atoms with E-state index >= 15 is 0 Å². The molecule has 2 nitrogen and oxygen atoms in total. The maximum absolute atomic E-state index is 12.0. The minimum Gasteiger partial charge on any atom is -0.387 e. The van der Waals surface area contributed by atoms with Crippen LogP contribution >= 0.6 is 0 Å². The van der Waals surface area contributed by atoms with Gasteiger partial charge in [0, 0.05) is 18.5 Å². The summed E-state index contributed by atoms with van der Waals surface area (Å²) >= 11 is 0. The third kappa shape index (κ3) is 11.2. The largest absolute Gasteiger partial charge is 0.387 e. The Morgan fingerprint density at radius 2 is 1.39 bits per heavy atom. The molecule has 0 aromatic rings. The molecular weight excluding hydrogens is 282 g/mol. The van der Waals surface area contributed by atoms with E-state index < -0.39 is 0 Å². The van der Waals surface area contributed by atoms with Crippen LogP contribution < -0.4 is 5.32 Å². The minimum absolute atomic E-state index is 0.311. The van der Waals surface area contributed by atoms with E-state index in [4.69, 9.17) is 0 Å². The number of hydrogen-bond donors (Lipinski definition) is 1. The third-order valence-electron chi connectivity index (χ3n) is 4.65. The summed E-state index contributed by atoms with van der Waals surface area (Å²) < 4.78 is 0. The van der Waals surface area contributed by atoms with Gasteiger partial charge in [-0.05, 0) is 18.7 Å². The van der Waals surface area contributed by atoms with Crippen molar-refractivity contribution in [2.45, 2.75) is 96.8 Å². The van der Waals surface area contributed by atoms with E-state index in [0.29, 0.717) is 12.2 Å². The van der Waals surface area contributed by atoms with E-state index in [-0.39, 0.29) is 0 Å². The van der Waals surface area contributed by atoms with Gasteiger partial charge in [0.15, 0.2) is 5.78 Å². The molecule has 1 heterocycles. The number of nitrogens with one attached hydrogen (secondary N) is 1. The standard InChI is InChI=1S/C21H37NO/c1-2-3-4-5-6-7-8-9-10-11-12-13-14-15-21(23)20-16-18-22-19-17-20/h16-18,22H,2-15,19H2,1H3. The molecule has 0 aliphatic carbocycles. The molecule has 0 aromatic heterocycles. The first-order valence-electron chi connectivity index (χ1n) is 9.98. The number of dihydropyridines is 1. The van der Waals surface area contributed by atoms with Crippen molar-refractivity contribution in [2.24, 2.45) is 0 Å². The lowest BCUT2D eigenvalue weighted by Crippen LogP contribution is -2.12. The normalized spacial score (nSPS) is 13.7. The molecule has 0 fully saturated rings. The molecule has 1 N–H and O–H groups in total. The first-order chi connectivity index (χ1) is 11.3. The second-order valence-corrected chi connectivity index (χ2v) is 6.82. The number of unbranched alkanes of at least 4 members (excludes halogenated alkanes) is 12. The van der Waals surface area contributed by atoms with Crippen LogP contribution in [-0.4, -0.2) is 12.3 Å². The summed E-state index contributed by atoms with van der Waals surface area (Å²) in [6.45, 7) is 3.06. The Balaban J connectivity index is 1.80. The summed E-state index contributed by atoms with van der Waals surface area (Å²) in [4.78, 5) is 12.0. The van der Waals surface area contributed by atoms with E-state index in [1.54, 1.807) is 0 Å². The smallest absolute Gasteiger partial charge is 0.162 e. The molecule has 0 radical (unpaired) electrons. The second kappa shape index (κ2) is 14.5. The highest BCUT2D eigenvalue weighted by Crippen LogP contribution is 2.14. The van der Waals surface area contributed by atoms with Gasteiger partial charge in [0.25, 0.3) is 0 Å². The van der Waals surface area contributed by atoms with Crippen LogP contribution in [0.25, 0.3) is 0 Å². The Labute approximate surface area is 143 Å². The zero-order valence-electron chi connectivity index (χ0n) is 15.2. The third-order valence-corrected chi connectivity index (χ3v) is 4.65. The van der Waals surface area contributed by atoms with Crippen molar-refractivity contribution in [1.82, 2.24) is 5.32 Å². The number of carbonyl (C=O) groups is 1. The Morgan fingerprint density at radius 3 is 1.87 bits per heavy atom. The number of rotatable bonds is 15. The molecule has 23 heavy (non-hydrogen) atoms. The number of hydrogen-bond acceptors (Lipinski definition) is 2. The fraction of sp³-hybridized carbons (Fsp3) is 0.762. The number of carbonyl (C=O) groups excluding carboxylic acids is 1. The fourth-order valence-corrected chi connectivity index (χ4v) is 3.11. The highest BCUT2D eigenvalue weighted by atomic mass is 16.1. The van der Waals surface area contributed by atoms with E-state index in [0.717, 1.165) is 18.5 Å². The van der Waals surface area contributed by atoms with Crippen molar-refractivity contribution in [3.8, 4) is 0 Å². The first kappa shape index (κ1) is 20.0. The van der Waals surface area contributed by atoms with Crippen molar-refractivity contribution in [3.63, 3.8) is 0 Å². The molecule has 1 aliphatic rings. The maximum Gasteiger partial charge on any atom is 0.162 e. The van der Waals surface area contributed by atoms with Gasteiger partial charge >= 0.3 is 0 Å². The average Bonchev–Trinajstić information content (AvgIpc) is 2.59. The highest BCUT2D eigenvalue weighted by Gasteiger charge is 2.07. The van der Waals surface area contributed by atoms with E-state index in [1.807, 2.05) is 18.4 Å². The lowest BCUT2D eigenvalue weighted by molar-refractivity contribution is -0.115. The van der Waals surface area contributed by atoms with Crippen molar-refractivity contribution >= 4 is 5.78 Å². The quantitative estimate of drug-likeness (QED) is 0.371. The molecule has 1 rings (SSSR count). The van der Waals surface area contributed by atoms with Crippen LogP contribution in [0.15, 0.2) is 23.9 Å². The molecule has 0 unspecified atom stereocenters. The molecular formula is C21H37NO. The van der Waals surface area contributed by atoms with Crippen molar-refractivity contribution < 1.29 is 4.79 Å². The lowest BCUT2D eigenvalue weighted by atomic mass is 10.0. The lowest BCUT2D eigenvalue weighted by Gasteiger charge is -2.07. The summed E-state index contributed by atoms with van der Waals surface area (Å²) in [5.74, 6) is 0.311. The zero-order chi connectivity index (χ0) is 16.6. The van der Waals surface area contributed by atoms with Gasteiger partial charge in [0.1, 0.15) is 0 Å². The molecule has 0 saturated carbocycles. The van der Waals surface area contributed by atoms with Crippen LogP contribution in [-0.2, 0) is 4.79 Å². The van der Waals surface area contributed by atoms with Crippen LogP contribution in [0.2, 0.25) is 0 Å². The van der Waals surface area contributed by atoms with Crippen LogP contribution in [0.4, 0.5) is 0 Å². The predicted octanol–water partition coefficient (Wildman–Crippen LogP) is 6.08. The fourth-order valence-electron chi connectivity index (χ4n) is 3.11. The van der Waals surface area contributed by atoms with E-state index in [2.05, 4.69) is 12.2 Å². The molecule has 1 aliphatic heterocycles. The summed E-state index contributed by atoms with van der Waals surface area (Å²) in [5, 5.41) is 3.08. The minimum atomic E-state index is 0.311. The zero-order valence-corrected chi connectivity index (χ0v) is 15.2. The SMILES string of the molecule is CCCCCCCCCCCCCCCC(=O)C1=CCNC=C1. The Kier molecular flexibility index (Phi) is 12.6. The van der Waals surface area contributed by atoms with Gasteiger partial charge < -0.3 is 5.32 Å². The molecule has 2 heteroatoms. The van der Waals surface area contributed by atoms with Gasteiger partial charge in [-0.2, -0.15) is 0 Å². The van der Waals surface area contributed by atoms with Gasteiger partial charge in [0.05, 0.1) is 0 Å². The average molecular weight is 320 g/mol. The molecule has 0 atom stereocenters. The van der Waals surface area contributed by atoms with Crippen LogP contribution in [0.3, 0.4) is 0 Å². The predicted molar refractivity (Wildman–Crippen MR) is 101 cm³/mol. The summed E-state index contributed by atoms with van der Waals surface area (Å²) in [5.41, 5.74) is 0.891. The molecule has 0 spiro atoms. The number of allylic oxidation sites excluding steroid dienone is 2. The van der Waals surface area contributed by atoms with Crippen LogP contribution in [0.1, 0.15) is 96.8 Å². The molecule has 132 valence electrons. The Bertz CT molecular complexity index is 357. The molecule has 0 aromatic carbocycles. The van der Waals surface area contributed by atoms with Gasteiger partial charge in [-0.3, -0.25) is 4.79 Å². The Morgan fingerprint density at radius 1 is 0.870 bits per heavy atom. The maximum atomic E-state index is 12.0. The van der Waals surface area contributed by atoms with Crippen molar-refractivity contribution in [2.75, 3.05) is 6.54 Å². The topological polar surface area (TPSA) is 29.1 Å². The molecule has 0 amide bonds. The summed E-state index contributed by atoms with van der Waals surface area (Å²) in [6, 6.07) is 0. The van der Waals surface area contributed by atoms with Gasteiger partial charge in [-0.1, -0.05) is 90.0 Å². The van der Waals surface area contributed by atoms with Crippen molar-refractivity contribution in [3.05, 3.63) is 23.9 Å². The van der Waals surface area contributed by atoms with Gasteiger partial charge in [-0.15, -0.1) is 0 Å². The number of Topliss-reactive ketones (excluding diaryl/α,β-unsaturated/α-hetero) is 1. The van der Waals surface area contributed by atoms with Gasteiger partial charge in [-0.25, -0.2) is 0 Å². The summed E-state index contributed by atoms with van der Waals surface area (Å²) in [6.07, 6.45) is 24.0. The van der Waals surface area contributed by atoms with E-state index in [1.165, 1.54) is 77.0 Å². The van der Waals surface area contributed by atoms with Crippen LogP contribution in [0, 0.1) is 0 Å². The Hall–Kier alpha value is -1.05. The van der Waals surface area contributed by atoms with Crippen LogP contribution in [0.5, 0.6) is 0 Å². The first-order valence-corrected chi connectivity index (χ1v) is 9.98. The second-order valence-electron chi connectivity index (χ2n) is 6.82. The van der Waals surface area contributed by atoms with Crippen molar-refractivity contribution in [1.29, 1.82) is 0 Å². The molecule has 0 saturated heterocycles. The molecule has 0 bridgehead atoms. The highest BCUT2D eigenvalue weighted by molar-refractivity contribution is 5.98. The monoisotopic (exact) mass is 319 g/mol. The van der Waals surface area contributed by atoms with Gasteiger partial charge in [0.2, 0.25) is 0 Å².